The molecule has 0 bridgehead atoms. The van der Waals surface area contributed by atoms with Gasteiger partial charge >= 0.3 is 0 Å². The minimum absolute atomic E-state index is 0.140. The van der Waals surface area contributed by atoms with Crippen molar-refractivity contribution in [1.29, 1.82) is 0 Å². The molecule has 0 aromatic rings. The van der Waals surface area contributed by atoms with Crippen molar-refractivity contribution in [3.05, 3.63) is 36.1 Å². The molecule has 0 radical (unpaired) electrons. The molecule has 0 aromatic heterocycles. The molecule has 0 saturated carbocycles. The van der Waals surface area contributed by atoms with Gasteiger partial charge in [-0.25, -0.2) is 0 Å². The molecule has 0 fully saturated rings. The standard InChI is InChI=1S/C21H34O2Si/c1-9-13-19(22)14-11-10-12-15-20(17-16-18(2)3)23-24(7,8)21(4,5)6/h9,13,15-18H,10,12H2,1-8H3/b13-9+,17-16+,20-15-. The van der Waals surface area contributed by atoms with Crippen LogP contribution in [0.4, 0.5) is 0 Å². The van der Waals surface area contributed by atoms with Gasteiger partial charge in [-0.05, 0) is 61.5 Å². The first-order valence-corrected chi connectivity index (χ1v) is 11.6. The molecule has 24 heavy (non-hydrogen) atoms. The number of allylic oxidation sites excluding steroid dienone is 5. The van der Waals surface area contributed by atoms with Gasteiger partial charge in [-0.1, -0.05) is 52.7 Å². The van der Waals surface area contributed by atoms with Crippen LogP contribution in [0.25, 0.3) is 0 Å². The lowest BCUT2D eigenvalue weighted by molar-refractivity contribution is -0.109. The lowest BCUT2D eigenvalue weighted by Gasteiger charge is -2.36. The third-order valence-electron chi connectivity index (χ3n) is 3.97. The second-order valence-corrected chi connectivity index (χ2v) is 12.5. The fourth-order valence-electron chi connectivity index (χ4n) is 1.51. The summed E-state index contributed by atoms with van der Waals surface area (Å²) in [6.07, 6.45) is 10.9. The van der Waals surface area contributed by atoms with Gasteiger partial charge in [0.25, 0.3) is 0 Å². The quantitative estimate of drug-likeness (QED) is 0.107. The number of hydrogen-bond donors (Lipinski definition) is 0. The molecule has 0 aromatic carbocycles. The first-order chi connectivity index (χ1) is 11.0. The van der Waals surface area contributed by atoms with Crippen LogP contribution in [0.5, 0.6) is 0 Å². The Kier molecular flexibility index (Phi) is 9.69. The molecule has 0 N–H and O–H groups in total. The van der Waals surface area contributed by atoms with E-state index in [1.165, 1.54) is 6.08 Å². The molecule has 0 aliphatic rings. The van der Waals surface area contributed by atoms with Crippen LogP contribution < -0.4 is 0 Å². The Morgan fingerprint density at radius 2 is 1.83 bits per heavy atom. The van der Waals surface area contributed by atoms with E-state index in [-0.39, 0.29) is 10.8 Å². The van der Waals surface area contributed by atoms with Crippen molar-refractivity contribution in [3.8, 4) is 11.8 Å². The van der Waals surface area contributed by atoms with Crippen LogP contribution in [0.1, 0.15) is 54.4 Å². The summed E-state index contributed by atoms with van der Waals surface area (Å²) in [6, 6.07) is 0. The molecule has 0 spiro atoms. The van der Waals surface area contributed by atoms with Gasteiger partial charge in [-0.3, -0.25) is 4.79 Å². The predicted molar refractivity (Wildman–Crippen MR) is 107 cm³/mol. The van der Waals surface area contributed by atoms with Crippen LogP contribution in [-0.2, 0) is 9.22 Å². The van der Waals surface area contributed by atoms with Gasteiger partial charge in [0, 0.05) is 6.42 Å². The second kappa shape index (κ2) is 10.4. The van der Waals surface area contributed by atoms with Gasteiger partial charge in [0.15, 0.2) is 0 Å². The zero-order chi connectivity index (χ0) is 18.8. The molecule has 0 saturated heterocycles. The Morgan fingerprint density at radius 1 is 1.21 bits per heavy atom. The molecule has 0 aliphatic carbocycles. The maximum Gasteiger partial charge on any atom is 0.250 e. The SMILES string of the molecule is C/C=C/C(=O)C#CCC/C=C(/C=C/C(C)C)O[Si](C)(C)C(C)(C)C. The van der Waals surface area contributed by atoms with Crippen LogP contribution in [0.2, 0.25) is 18.1 Å². The zero-order valence-corrected chi connectivity index (χ0v) is 17.7. The highest BCUT2D eigenvalue weighted by atomic mass is 28.4. The summed E-state index contributed by atoms with van der Waals surface area (Å²) in [5.41, 5.74) is 0. The Hall–Kier alpha value is -1.53. The highest BCUT2D eigenvalue weighted by Crippen LogP contribution is 2.38. The van der Waals surface area contributed by atoms with Crippen LogP contribution in [0, 0.1) is 17.8 Å². The first kappa shape index (κ1) is 22.5. The third-order valence-corrected chi connectivity index (χ3v) is 8.33. The molecule has 0 atom stereocenters. The van der Waals surface area contributed by atoms with Gasteiger partial charge in [0.2, 0.25) is 14.1 Å². The zero-order valence-electron chi connectivity index (χ0n) is 16.7. The summed E-state index contributed by atoms with van der Waals surface area (Å²) in [4.78, 5) is 11.3. The molecule has 0 amide bonds. The van der Waals surface area contributed by atoms with E-state index in [0.29, 0.717) is 12.3 Å². The normalized spacial score (nSPS) is 13.5. The summed E-state index contributed by atoms with van der Waals surface area (Å²) >= 11 is 0. The lowest BCUT2D eigenvalue weighted by Crippen LogP contribution is -2.40. The molecule has 0 aliphatic heterocycles. The van der Waals surface area contributed by atoms with Crippen molar-refractivity contribution in [2.75, 3.05) is 0 Å². The van der Waals surface area contributed by atoms with Crippen LogP contribution in [0.15, 0.2) is 36.1 Å². The summed E-state index contributed by atoms with van der Waals surface area (Å²) in [5, 5.41) is 0.163. The minimum Gasteiger partial charge on any atom is -0.544 e. The largest absolute Gasteiger partial charge is 0.544 e. The molecule has 0 unspecified atom stereocenters. The Labute approximate surface area is 150 Å². The van der Waals surface area contributed by atoms with E-state index in [0.717, 1.165) is 12.2 Å². The van der Waals surface area contributed by atoms with Crippen molar-refractivity contribution >= 4 is 14.1 Å². The number of hydrogen-bond acceptors (Lipinski definition) is 2. The number of rotatable bonds is 7. The van der Waals surface area contributed by atoms with Crippen molar-refractivity contribution in [1.82, 2.24) is 0 Å². The third kappa shape index (κ3) is 9.57. The average Bonchev–Trinajstić information content (AvgIpc) is 2.42. The van der Waals surface area contributed by atoms with Gasteiger partial charge in [-0.2, -0.15) is 0 Å². The van der Waals surface area contributed by atoms with Gasteiger partial charge < -0.3 is 4.43 Å². The molecule has 0 heterocycles. The molecule has 3 heteroatoms. The monoisotopic (exact) mass is 346 g/mol. The van der Waals surface area contributed by atoms with E-state index < -0.39 is 8.32 Å². The van der Waals surface area contributed by atoms with E-state index in [1.54, 1.807) is 6.08 Å². The fourth-order valence-corrected chi connectivity index (χ4v) is 2.55. The van der Waals surface area contributed by atoms with Crippen molar-refractivity contribution in [2.45, 2.75) is 72.5 Å². The van der Waals surface area contributed by atoms with E-state index in [1.807, 2.05) is 6.92 Å². The smallest absolute Gasteiger partial charge is 0.250 e. The number of carbonyl (C=O) groups excluding carboxylic acids is 1. The van der Waals surface area contributed by atoms with Crippen molar-refractivity contribution in [3.63, 3.8) is 0 Å². The number of unbranched alkanes of at least 4 members (excludes halogenated alkanes) is 1. The van der Waals surface area contributed by atoms with Crippen molar-refractivity contribution in [2.24, 2.45) is 5.92 Å². The molecular formula is C21H34O2Si. The molecule has 134 valence electrons. The van der Waals surface area contributed by atoms with E-state index in [4.69, 9.17) is 4.43 Å². The number of carbonyl (C=O) groups is 1. The summed E-state index contributed by atoms with van der Waals surface area (Å²) in [6.45, 7) is 17.3. The van der Waals surface area contributed by atoms with Crippen LogP contribution in [0.3, 0.4) is 0 Å². The summed E-state index contributed by atoms with van der Waals surface area (Å²) < 4.78 is 6.41. The Balaban J connectivity index is 4.99. The van der Waals surface area contributed by atoms with Gasteiger partial charge in [0.05, 0.1) is 5.76 Å². The molecule has 2 nitrogen and oxygen atoms in total. The molecule has 0 rings (SSSR count). The topological polar surface area (TPSA) is 26.3 Å². The Morgan fingerprint density at radius 3 is 2.33 bits per heavy atom. The maximum atomic E-state index is 11.3. The Bertz CT molecular complexity index is 547. The number of ketones is 1. The first-order valence-electron chi connectivity index (χ1n) is 8.72. The highest BCUT2D eigenvalue weighted by Gasteiger charge is 2.39. The minimum atomic E-state index is -1.86. The molecular weight excluding hydrogens is 312 g/mol. The predicted octanol–water partition coefficient (Wildman–Crippen LogP) is 6.03. The second-order valence-electron chi connectivity index (χ2n) is 7.78. The van der Waals surface area contributed by atoms with E-state index in [2.05, 4.69) is 77.8 Å². The average molecular weight is 347 g/mol. The highest BCUT2D eigenvalue weighted by molar-refractivity contribution is 6.74. The van der Waals surface area contributed by atoms with Gasteiger partial charge in [0.1, 0.15) is 0 Å². The summed E-state index contributed by atoms with van der Waals surface area (Å²) in [7, 11) is -1.86. The van der Waals surface area contributed by atoms with E-state index in [9.17, 15) is 4.79 Å². The van der Waals surface area contributed by atoms with Crippen LogP contribution in [-0.4, -0.2) is 14.1 Å². The lowest BCUT2D eigenvalue weighted by atomic mass is 10.2. The van der Waals surface area contributed by atoms with Crippen LogP contribution >= 0.6 is 0 Å². The fraction of sp³-hybridized carbons (Fsp3) is 0.571. The van der Waals surface area contributed by atoms with E-state index >= 15 is 0 Å². The van der Waals surface area contributed by atoms with Gasteiger partial charge in [-0.15, -0.1) is 0 Å². The maximum absolute atomic E-state index is 11.3. The summed E-state index contributed by atoms with van der Waals surface area (Å²) in [5.74, 6) is 6.81. The van der Waals surface area contributed by atoms with Crippen molar-refractivity contribution < 1.29 is 9.22 Å².